The van der Waals surface area contributed by atoms with Gasteiger partial charge in [0.15, 0.2) is 0 Å². The quantitative estimate of drug-likeness (QED) is 0.897. The number of hydrogen-bond acceptors (Lipinski definition) is 2. The molecule has 0 aliphatic carbocycles. The number of nitrogens with zero attached hydrogens (tertiary/aromatic N) is 1. The first-order valence-electron chi connectivity index (χ1n) is 5.47. The largest absolute Gasteiger partial charge is 0.380 e. The lowest BCUT2D eigenvalue weighted by atomic mass is 10.1. The van der Waals surface area contributed by atoms with Crippen LogP contribution < -0.4 is 5.32 Å². The highest BCUT2D eigenvalue weighted by molar-refractivity contribution is 6.33. The summed E-state index contributed by atoms with van der Waals surface area (Å²) < 4.78 is 13.0. The van der Waals surface area contributed by atoms with Gasteiger partial charge in [0.25, 0.3) is 0 Å². The van der Waals surface area contributed by atoms with Gasteiger partial charge in [0.1, 0.15) is 11.9 Å². The molecule has 0 saturated heterocycles. The summed E-state index contributed by atoms with van der Waals surface area (Å²) in [6.07, 6.45) is 0. The molecule has 0 unspecified atom stereocenters. The first-order valence-corrected chi connectivity index (χ1v) is 6.23. The first-order chi connectivity index (χ1) is 9.10. The third-order valence-corrected chi connectivity index (χ3v) is 3.18. The highest BCUT2D eigenvalue weighted by atomic mass is 35.5. The van der Waals surface area contributed by atoms with Gasteiger partial charge in [0.05, 0.1) is 11.3 Å². The van der Waals surface area contributed by atoms with Gasteiger partial charge in [0, 0.05) is 16.6 Å². The summed E-state index contributed by atoms with van der Waals surface area (Å²) in [5, 5.41) is 13.1. The molecule has 0 atom stereocenters. The molecule has 0 saturated carbocycles. The Morgan fingerprint density at radius 3 is 2.68 bits per heavy atom. The van der Waals surface area contributed by atoms with Gasteiger partial charge in [-0.1, -0.05) is 23.2 Å². The van der Waals surface area contributed by atoms with Crippen LogP contribution in [0.2, 0.25) is 10.0 Å². The van der Waals surface area contributed by atoms with Crippen molar-refractivity contribution in [2.24, 2.45) is 0 Å². The van der Waals surface area contributed by atoms with Crippen LogP contribution in [0.1, 0.15) is 11.1 Å². The van der Waals surface area contributed by atoms with Crippen molar-refractivity contribution >= 4 is 28.9 Å². The van der Waals surface area contributed by atoms with Crippen LogP contribution in [0, 0.1) is 17.1 Å². The Balaban J connectivity index is 2.19. The van der Waals surface area contributed by atoms with E-state index in [1.165, 1.54) is 18.2 Å². The van der Waals surface area contributed by atoms with Crippen molar-refractivity contribution in [3.05, 3.63) is 63.4 Å². The molecule has 0 radical (unpaired) electrons. The minimum atomic E-state index is -0.442. The lowest BCUT2D eigenvalue weighted by molar-refractivity contribution is 0.627. The summed E-state index contributed by atoms with van der Waals surface area (Å²) in [6.45, 7) is 0.402. The molecule has 0 amide bonds. The van der Waals surface area contributed by atoms with Gasteiger partial charge in [-0.25, -0.2) is 4.39 Å². The van der Waals surface area contributed by atoms with Crippen LogP contribution in [-0.2, 0) is 6.54 Å². The molecule has 2 nitrogen and oxygen atoms in total. The summed E-state index contributed by atoms with van der Waals surface area (Å²) in [6, 6.07) is 11.1. The highest BCUT2D eigenvalue weighted by Crippen LogP contribution is 2.23. The van der Waals surface area contributed by atoms with Crippen molar-refractivity contribution in [2.75, 3.05) is 5.32 Å². The minimum Gasteiger partial charge on any atom is -0.380 e. The molecule has 0 fully saturated rings. The number of hydrogen-bond donors (Lipinski definition) is 1. The van der Waals surface area contributed by atoms with Crippen molar-refractivity contribution in [1.29, 1.82) is 5.26 Å². The average Bonchev–Trinajstić information content (AvgIpc) is 2.40. The van der Waals surface area contributed by atoms with Crippen molar-refractivity contribution in [1.82, 2.24) is 0 Å². The third kappa shape index (κ3) is 3.37. The van der Waals surface area contributed by atoms with E-state index in [2.05, 4.69) is 5.32 Å². The standard InChI is InChI=1S/C14H9Cl2FN2/c15-11-1-3-13(16)10(5-11)8-19-14-4-2-12(17)6-9(14)7-18/h1-6,19H,8H2. The third-order valence-electron chi connectivity index (χ3n) is 2.58. The summed E-state index contributed by atoms with van der Waals surface area (Å²) >= 11 is 11.9. The average molecular weight is 295 g/mol. The number of anilines is 1. The van der Waals surface area contributed by atoms with E-state index < -0.39 is 5.82 Å². The molecule has 0 bridgehead atoms. The topological polar surface area (TPSA) is 35.8 Å². The molecule has 19 heavy (non-hydrogen) atoms. The highest BCUT2D eigenvalue weighted by Gasteiger charge is 2.05. The van der Waals surface area contributed by atoms with Gasteiger partial charge in [-0.3, -0.25) is 0 Å². The van der Waals surface area contributed by atoms with Gasteiger partial charge >= 0.3 is 0 Å². The molecule has 5 heteroatoms. The van der Waals surface area contributed by atoms with Crippen molar-refractivity contribution in [2.45, 2.75) is 6.54 Å². The van der Waals surface area contributed by atoms with E-state index in [0.29, 0.717) is 22.3 Å². The molecule has 0 aliphatic heterocycles. The molecule has 0 heterocycles. The summed E-state index contributed by atoms with van der Waals surface area (Å²) in [7, 11) is 0. The molecule has 0 aliphatic rings. The molecule has 1 N–H and O–H groups in total. The number of nitrogens with one attached hydrogen (secondary N) is 1. The predicted octanol–water partition coefficient (Wildman–Crippen LogP) is 4.62. The zero-order valence-electron chi connectivity index (χ0n) is 9.75. The van der Waals surface area contributed by atoms with Crippen LogP contribution in [0.3, 0.4) is 0 Å². The van der Waals surface area contributed by atoms with E-state index in [0.717, 1.165) is 5.56 Å². The maximum absolute atomic E-state index is 13.0. The molecule has 2 aromatic carbocycles. The zero-order valence-corrected chi connectivity index (χ0v) is 11.3. The van der Waals surface area contributed by atoms with E-state index in [1.807, 2.05) is 6.07 Å². The second-order valence-corrected chi connectivity index (χ2v) is 4.73. The first kappa shape index (κ1) is 13.7. The van der Waals surface area contributed by atoms with Crippen LogP contribution in [0.4, 0.5) is 10.1 Å². The lowest BCUT2D eigenvalue weighted by Gasteiger charge is -2.10. The van der Waals surface area contributed by atoms with Crippen molar-refractivity contribution in [3.63, 3.8) is 0 Å². The van der Waals surface area contributed by atoms with Crippen LogP contribution in [0.5, 0.6) is 0 Å². The molecule has 2 aromatic rings. The van der Waals surface area contributed by atoms with Crippen molar-refractivity contribution in [3.8, 4) is 6.07 Å². The summed E-state index contributed by atoms with van der Waals surface area (Å²) in [4.78, 5) is 0. The number of rotatable bonds is 3. The Bertz CT molecular complexity index is 650. The van der Waals surface area contributed by atoms with Gasteiger partial charge in [-0.05, 0) is 42.0 Å². The monoisotopic (exact) mass is 294 g/mol. The second-order valence-electron chi connectivity index (χ2n) is 3.89. The fourth-order valence-corrected chi connectivity index (χ4v) is 2.01. The van der Waals surface area contributed by atoms with Gasteiger partial charge in [0.2, 0.25) is 0 Å². The molecular weight excluding hydrogens is 286 g/mol. The van der Waals surface area contributed by atoms with Crippen molar-refractivity contribution < 1.29 is 4.39 Å². The summed E-state index contributed by atoms with van der Waals surface area (Å²) in [5.74, 6) is -0.442. The van der Waals surface area contributed by atoms with E-state index >= 15 is 0 Å². The second kappa shape index (κ2) is 5.92. The van der Waals surface area contributed by atoms with Crippen LogP contribution in [0.25, 0.3) is 0 Å². The molecule has 0 aromatic heterocycles. The molecule has 2 rings (SSSR count). The smallest absolute Gasteiger partial charge is 0.124 e. The Kier molecular flexibility index (Phi) is 4.26. The Hall–Kier alpha value is -1.76. The van der Waals surface area contributed by atoms with E-state index in [9.17, 15) is 4.39 Å². The SMILES string of the molecule is N#Cc1cc(F)ccc1NCc1cc(Cl)ccc1Cl. The molecular formula is C14H9Cl2FN2. The number of nitriles is 1. The van der Waals surface area contributed by atoms with E-state index in [-0.39, 0.29) is 5.56 Å². The fraction of sp³-hybridized carbons (Fsp3) is 0.0714. The van der Waals surface area contributed by atoms with Crippen LogP contribution in [0.15, 0.2) is 36.4 Å². The van der Waals surface area contributed by atoms with Gasteiger partial charge in [-0.15, -0.1) is 0 Å². The fourth-order valence-electron chi connectivity index (χ4n) is 1.63. The maximum Gasteiger partial charge on any atom is 0.124 e. The summed E-state index contributed by atoms with van der Waals surface area (Å²) in [5.41, 5.74) is 1.61. The maximum atomic E-state index is 13.0. The Labute approximate surface area is 120 Å². The van der Waals surface area contributed by atoms with Crippen LogP contribution >= 0.6 is 23.2 Å². The minimum absolute atomic E-state index is 0.248. The Morgan fingerprint density at radius 2 is 1.95 bits per heavy atom. The normalized spacial score (nSPS) is 10.0. The predicted molar refractivity (Wildman–Crippen MR) is 74.9 cm³/mol. The van der Waals surface area contributed by atoms with Gasteiger partial charge < -0.3 is 5.32 Å². The Morgan fingerprint density at radius 1 is 1.16 bits per heavy atom. The number of halogens is 3. The number of benzene rings is 2. The van der Waals surface area contributed by atoms with Crippen LogP contribution in [-0.4, -0.2) is 0 Å². The zero-order chi connectivity index (χ0) is 13.8. The lowest BCUT2D eigenvalue weighted by Crippen LogP contribution is -2.02. The molecule has 0 spiro atoms. The molecule has 96 valence electrons. The van der Waals surface area contributed by atoms with E-state index in [1.54, 1.807) is 18.2 Å². The van der Waals surface area contributed by atoms with E-state index in [4.69, 9.17) is 28.5 Å². The van der Waals surface area contributed by atoms with Gasteiger partial charge in [-0.2, -0.15) is 5.26 Å².